The number of rotatable bonds is 0. The molecule has 1 N–H and O–H groups in total. The van der Waals surface area contributed by atoms with Crippen LogP contribution in [0.5, 0.6) is 0 Å². The summed E-state index contributed by atoms with van der Waals surface area (Å²) in [4.78, 5) is 8.36. The average Bonchev–Trinajstić information content (AvgIpc) is 0.811. The van der Waals surface area contributed by atoms with Crippen molar-refractivity contribution in [1.29, 1.82) is 0 Å². The average molecular weight is 244 g/mol. The van der Waals surface area contributed by atoms with E-state index in [1.807, 2.05) is 0 Å². The van der Waals surface area contributed by atoms with Crippen molar-refractivity contribution in [2.45, 2.75) is 0 Å². The first-order valence-electron chi connectivity index (χ1n) is 0.565. The summed E-state index contributed by atoms with van der Waals surface area (Å²) in [6.07, 6.45) is 0. The van der Waals surface area contributed by atoms with E-state index in [0.717, 1.165) is 0 Å². The van der Waals surface area contributed by atoms with Crippen LogP contribution in [0.2, 0.25) is 0 Å². The van der Waals surface area contributed by atoms with Gasteiger partial charge in [-0.05, 0) is 0 Å². The fourth-order valence-electron chi connectivity index (χ4n) is 0. The zero-order chi connectivity index (χ0) is 3.58. The molecule has 0 atom stereocenters. The predicted octanol–water partition coefficient (Wildman–Crippen LogP) is -0.659. The largest absolute Gasteiger partial charge is 2.00 e. The van der Waals surface area contributed by atoms with Crippen molar-refractivity contribution >= 4 is 86.6 Å². The Balaban J connectivity index is -0.00000000300. The Morgan fingerprint density at radius 3 is 1.83 bits per heavy atom. The van der Waals surface area contributed by atoms with Crippen LogP contribution in [0.4, 0.5) is 0 Å². The second kappa shape index (κ2) is 10.1. The van der Waals surface area contributed by atoms with Crippen LogP contribution < -0.4 is 0 Å². The fourth-order valence-corrected chi connectivity index (χ4v) is 0. The maximum atomic E-state index is 8.36. The number of nitrogens with zero attached hydrogens (tertiary/aromatic N) is 1. The molecule has 4 nitrogen and oxygen atoms in total. The topological polar surface area (TPSA) is 63.4 Å². The van der Waals surface area contributed by atoms with Gasteiger partial charge in [0.15, 0.2) is 0 Å². The summed E-state index contributed by atoms with van der Waals surface area (Å²) < 4.78 is 0. The van der Waals surface area contributed by atoms with Gasteiger partial charge in [0.05, 0.1) is 0 Å². The van der Waals surface area contributed by atoms with Crippen molar-refractivity contribution in [2.75, 3.05) is 0 Å². The second-order valence-corrected chi connectivity index (χ2v) is 0.238. The van der Waals surface area contributed by atoms with Gasteiger partial charge >= 0.3 is 86.6 Å². The molecule has 6 heavy (non-hydrogen) atoms. The SMILES string of the molecule is O=[N+]([O-])O.[Ba+2].[Ca+2].[H-].[H-].[H-].[H-]. The summed E-state index contributed by atoms with van der Waals surface area (Å²) in [6.45, 7) is 0. The zero-order valence-electron chi connectivity index (χ0n) is 7.13. The van der Waals surface area contributed by atoms with E-state index in [1.165, 1.54) is 0 Å². The molecule has 0 unspecified atom stereocenters. The minimum absolute atomic E-state index is 0. The normalized spacial score (nSPS) is 4.00. The molecule has 0 aliphatic carbocycles. The van der Waals surface area contributed by atoms with Crippen LogP contribution in [0.15, 0.2) is 0 Å². The van der Waals surface area contributed by atoms with Gasteiger partial charge in [-0.25, -0.2) is 0 Å². The molecule has 0 radical (unpaired) electrons. The van der Waals surface area contributed by atoms with E-state index < -0.39 is 5.09 Å². The van der Waals surface area contributed by atoms with E-state index in [9.17, 15) is 0 Å². The molecule has 0 spiro atoms. The van der Waals surface area contributed by atoms with Crippen LogP contribution in [0.25, 0.3) is 0 Å². The maximum Gasteiger partial charge on any atom is 2.00 e. The summed E-state index contributed by atoms with van der Waals surface area (Å²) in [7, 11) is 0. The fraction of sp³-hybridized carbons (Fsp3) is 0. The monoisotopic (exact) mass is 245 g/mol. The Morgan fingerprint density at radius 1 is 1.83 bits per heavy atom. The van der Waals surface area contributed by atoms with E-state index in [-0.39, 0.29) is 92.3 Å². The molecule has 0 aliphatic rings. The van der Waals surface area contributed by atoms with Gasteiger partial charge in [0.2, 0.25) is 0 Å². The van der Waals surface area contributed by atoms with Crippen molar-refractivity contribution in [3.05, 3.63) is 10.1 Å². The molecular formula is H5BaCaNO3. The molecule has 0 aromatic carbocycles. The Hall–Kier alpha value is 2.03. The number of hydrogen-bond donors (Lipinski definition) is 1. The summed E-state index contributed by atoms with van der Waals surface area (Å²) >= 11 is 0. The third-order valence-corrected chi connectivity index (χ3v) is 0. The van der Waals surface area contributed by atoms with E-state index >= 15 is 0 Å². The van der Waals surface area contributed by atoms with E-state index in [2.05, 4.69) is 0 Å². The molecule has 0 heterocycles. The van der Waals surface area contributed by atoms with Gasteiger partial charge < -0.3 is 10.9 Å². The first kappa shape index (κ1) is 15.7. The van der Waals surface area contributed by atoms with E-state index in [1.54, 1.807) is 0 Å². The summed E-state index contributed by atoms with van der Waals surface area (Å²) in [5.74, 6) is 0. The predicted molar refractivity (Wildman–Crippen MR) is 24.7 cm³/mol. The van der Waals surface area contributed by atoms with Crippen LogP contribution in [0.3, 0.4) is 0 Å². The van der Waals surface area contributed by atoms with Gasteiger partial charge in [-0.1, -0.05) is 0 Å². The summed E-state index contributed by atoms with van der Waals surface area (Å²) in [5, 5.41) is 13.6. The zero-order valence-corrected chi connectivity index (χ0v) is 9.77. The second-order valence-electron chi connectivity index (χ2n) is 0.238. The maximum absolute atomic E-state index is 8.36. The quantitative estimate of drug-likeness (QED) is 0.350. The van der Waals surface area contributed by atoms with Crippen LogP contribution >= 0.6 is 0 Å². The third-order valence-electron chi connectivity index (χ3n) is 0. The van der Waals surface area contributed by atoms with Crippen molar-refractivity contribution in [2.24, 2.45) is 0 Å². The minimum Gasteiger partial charge on any atom is -1.00 e. The van der Waals surface area contributed by atoms with Gasteiger partial charge in [0.25, 0.3) is 5.09 Å². The molecule has 0 amide bonds. The summed E-state index contributed by atoms with van der Waals surface area (Å²) in [5.41, 5.74) is 0. The molecule has 0 rings (SSSR count). The molecule has 0 saturated carbocycles. The third kappa shape index (κ3) is 37.0. The first-order valence-corrected chi connectivity index (χ1v) is 0.565. The number of hydrogen-bond acceptors (Lipinski definition) is 2. The Kier molecular flexibility index (Phi) is 26.4. The van der Waals surface area contributed by atoms with Crippen LogP contribution in [0.1, 0.15) is 5.71 Å². The van der Waals surface area contributed by atoms with Crippen LogP contribution in [-0.2, 0) is 0 Å². The van der Waals surface area contributed by atoms with Crippen LogP contribution in [0, 0.1) is 10.1 Å². The molecule has 0 saturated heterocycles. The Morgan fingerprint density at radius 2 is 1.83 bits per heavy atom. The Bertz CT molecular complexity index is 43.5. The minimum atomic E-state index is -1.50. The van der Waals surface area contributed by atoms with Crippen LogP contribution in [-0.4, -0.2) is 96.9 Å². The van der Waals surface area contributed by atoms with Gasteiger partial charge in [-0.2, -0.15) is 0 Å². The Labute approximate surface area is 110 Å². The molecule has 32 valence electrons. The molecule has 0 aromatic rings. The summed E-state index contributed by atoms with van der Waals surface area (Å²) in [6, 6.07) is 0. The molecule has 0 aliphatic heterocycles. The van der Waals surface area contributed by atoms with E-state index in [0.29, 0.717) is 0 Å². The first-order chi connectivity index (χ1) is 1.73. The van der Waals surface area contributed by atoms with Gasteiger partial charge in [-0.3, -0.25) is 0 Å². The van der Waals surface area contributed by atoms with Gasteiger partial charge in [0, 0.05) is 0 Å². The van der Waals surface area contributed by atoms with Crippen molar-refractivity contribution in [3.8, 4) is 0 Å². The molecule has 6 heteroatoms. The smallest absolute Gasteiger partial charge is 1.00 e. The molecular weight excluding hydrogens is 239 g/mol. The standard InChI is InChI=1S/Ba.Ca.HNO3.4H/c;;2-1(3)4;;;;/h;;(H,2,3,4);;;;/q2*+2;;4*-1. The van der Waals surface area contributed by atoms with Crippen molar-refractivity contribution < 1.29 is 16.0 Å². The molecule has 0 fully saturated rings. The van der Waals surface area contributed by atoms with Crippen molar-refractivity contribution in [3.63, 3.8) is 0 Å². The van der Waals surface area contributed by atoms with Gasteiger partial charge in [0.1, 0.15) is 0 Å². The van der Waals surface area contributed by atoms with E-state index in [4.69, 9.17) is 15.3 Å². The van der Waals surface area contributed by atoms with Gasteiger partial charge in [-0.15, -0.1) is 10.1 Å². The van der Waals surface area contributed by atoms with Crippen molar-refractivity contribution in [1.82, 2.24) is 0 Å². The molecule has 0 aromatic heterocycles. The molecule has 0 bridgehead atoms.